The van der Waals surface area contributed by atoms with Crippen LogP contribution in [0.3, 0.4) is 0 Å². The normalized spacial score (nSPS) is 21.2. The first kappa shape index (κ1) is 36.5. The number of rotatable bonds is 28. The third kappa shape index (κ3) is 18.5. The van der Waals surface area contributed by atoms with E-state index in [0.29, 0.717) is 6.79 Å². The summed E-state index contributed by atoms with van der Waals surface area (Å²) in [5, 5.41) is 0. The highest BCUT2D eigenvalue weighted by molar-refractivity contribution is 4.85. The minimum absolute atomic E-state index is 0.0108. The molecule has 1 heterocycles. The van der Waals surface area contributed by atoms with E-state index in [1.807, 2.05) is 6.08 Å². The second-order valence-electron chi connectivity index (χ2n) is 11.0. The molecule has 1 aliphatic rings. The van der Waals surface area contributed by atoms with Gasteiger partial charge in [-0.1, -0.05) is 90.0 Å². The Bertz CT molecular complexity index is 533. The lowest BCUT2D eigenvalue weighted by atomic mass is 9.92. The van der Waals surface area contributed by atoms with Crippen molar-refractivity contribution in [3.63, 3.8) is 0 Å². The summed E-state index contributed by atoms with van der Waals surface area (Å²) in [5.74, 6) is 0. The average Bonchev–Trinajstić information content (AvgIpc) is 2.95. The smallest absolute Gasteiger partial charge is 0.146 e. The molecule has 1 fully saturated rings. The van der Waals surface area contributed by atoms with Crippen molar-refractivity contribution in [1.82, 2.24) is 0 Å². The standard InChI is InChI=1S/C32H62O7/c1-6-8-9-10-11-12-13-14-15-16-17-18-20-31-30(38-27-35-5)23-24-32(39-31)29(37-26-34-4)22-21-28(19-7-2)36-25-33-3/h7,28-32H,2,6,8-27H2,1,3-5H3/t28-,29-,30-,31-,32-/m1/s1. The van der Waals surface area contributed by atoms with Gasteiger partial charge in [0.2, 0.25) is 0 Å². The molecule has 0 aromatic rings. The largest absolute Gasteiger partial charge is 0.370 e. The summed E-state index contributed by atoms with van der Waals surface area (Å²) in [6.07, 6.45) is 23.5. The van der Waals surface area contributed by atoms with Crippen molar-refractivity contribution in [3.05, 3.63) is 12.7 Å². The van der Waals surface area contributed by atoms with Gasteiger partial charge in [-0.3, -0.25) is 0 Å². The molecule has 7 nitrogen and oxygen atoms in total. The van der Waals surface area contributed by atoms with Crippen LogP contribution in [0.1, 0.15) is 122 Å². The molecule has 39 heavy (non-hydrogen) atoms. The third-order valence-electron chi connectivity index (χ3n) is 7.68. The van der Waals surface area contributed by atoms with Crippen LogP contribution in [0, 0.1) is 0 Å². The molecule has 1 saturated heterocycles. The van der Waals surface area contributed by atoms with Crippen LogP contribution in [0.5, 0.6) is 0 Å². The van der Waals surface area contributed by atoms with Crippen molar-refractivity contribution >= 4 is 0 Å². The topological polar surface area (TPSA) is 64.6 Å². The first-order valence-corrected chi connectivity index (χ1v) is 15.8. The van der Waals surface area contributed by atoms with Crippen LogP contribution in [-0.4, -0.2) is 72.2 Å². The molecule has 0 bridgehead atoms. The van der Waals surface area contributed by atoms with E-state index in [1.165, 1.54) is 70.6 Å². The lowest BCUT2D eigenvalue weighted by Crippen LogP contribution is -2.46. The molecule has 5 atom stereocenters. The molecular formula is C32H62O7. The van der Waals surface area contributed by atoms with Crippen molar-refractivity contribution in [2.24, 2.45) is 0 Å². The summed E-state index contributed by atoms with van der Waals surface area (Å²) in [4.78, 5) is 0. The van der Waals surface area contributed by atoms with Crippen LogP contribution in [0.25, 0.3) is 0 Å². The van der Waals surface area contributed by atoms with E-state index in [2.05, 4.69) is 13.5 Å². The van der Waals surface area contributed by atoms with Crippen LogP contribution in [0.15, 0.2) is 12.7 Å². The van der Waals surface area contributed by atoms with Crippen LogP contribution in [0.4, 0.5) is 0 Å². The Kier molecular flexibility index (Phi) is 24.7. The van der Waals surface area contributed by atoms with Crippen LogP contribution in [-0.2, 0) is 33.2 Å². The van der Waals surface area contributed by atoms with Gasteiger partial charge in [-0.25, -0.2) is 0 Å². The van der Waals surface area contributed by atoms with Gasteiger partial charge in [0.25, 0.3) is 0 Å². The van der Waals surface area contributed by atoms with E-state index >= 15 is 0 Å². The Labute approximate surface area is 240 Å². The van der Waals surface area contributed by atoms with Gasteiger partial charge in [-0.2, -0.15) is 0 Å². The molecule has 1 rings (SSSR count). The van der Waals surface area contributed by atoms with Gasteiger partial charge in [0.15, 0.2) is 0 Å². The second-order valence-corrected chi connectivity index (χ2v) is 11.0. The molecule has 0 aromatic carbocycles. The maximum atomic E-state index is 6.68. The summed E-state index contributed by atoms with van der Waals surface area (Å²) in [6.45, 7) is 6.98. The average molecular weight is 559 g/mol. The molecule has 0 amide bonds. The van der Waals surface area contributed by atoms with Crippen molar-refractivity contribution in [1.29, 1.82) is 0 Å². The minimum Gasteiger partial charge on any atom is -0.370 e. The van der Waals surface area contributed by atoms with Gasteiger partial charge in [-0.05, 0) is 38.5 Å². The van der Waals surface area contributed by atoms with Gasteiger partial charge in [0, 0.05) is 21.3 Å². The summed E-state index contributed by atoms with van der Waals surface area (Å²) < 4.78 is 40.2. The fourth-order valence-electron chi connectivity index (χ4n) is 5.46. The Morgan fingerprint density at radius 3 is 1.92 bits per heavy atom. The zero-order chi connectivity index (χ0) is 28.4. The number of ether oxygens (including phenoxy) is 7. The molecular weight excluding hydrogens is 496 g/mol. The van der Waals surface area contributed by atoms with Gasteiger partial charge in [-0.15, -0.1) is 6.58 Å². The van der Waals surface area contributed by atoms with E-state index in [4.69, 9.17) is 33.2 Å². The zero-order valence-corrected chi connectivity index (χ0v) is 25.9. The predicted molar refractivity (Wildman–Crippen MR) is 158 cm³/mol. The molecule has 0 spiro atoms. The highest BCUT2D eigenvalue weighted by Gasteiger charge is 2.36. The summed E-state index contributed by atoms with van der Waals surface area (Å²) in [5.41, 5.74) is 0. The fraction of sp³-hybridized carbons (Fsp3) is 0.938. The molecule has 0 aliphatic carbocycles. The lowest BCUT2D eigenvalue weighted by molar-refractivity contribution is -0.210. The lowest BCUT2D eigenvalue weighted by Gasteiger charge is -2.39. The van der Waals surface area contributed by atoms with Crippen LogP contribution >= 0.6 is 0 Å². The Hall–Kier alpha value is -0.540. The third-order valence-corrected chi connectivity index (χ3v) is 7.68. The first-order valence-electron chi connectivity index (χ1n) is 15.8. The Balaban J connectivity index is 2.49. The quantitative estimate of drug-likeness (QED) is 0.0548. The molecule has 0 saturated carbocycles. The number of hydrogen-bond acceptors (Lipinski definition) is 7. The van der Waals surface area contributed by atoms with E-state index < -0.39 is 0 Å². The van der Waals surface area contributed by atoms with Crippen molar-refractivity contribution in [3.8, 4) is 0 Å². The van der Waals surface area contributed by atoms with Crippen LogP contribution < -0.4 is 0 Å². The number of methoxy groups -OCH3 is 3. The summed E-state index contributed by atoms with van der Waals surface area (Å²) in [6, 6.07) is 0. The SMILES string of the molecule is C=CC[C@H](CC[C@@H](OCOC)[C@H]1CC[C@@H](OCOC)[C@@H](CCCCCCCCCCCCCC)O1)OCOC. The number of hydrogen-bond donors (Lipinski definition) is 0. The summed E-state index contributed by atoms with van der Waals surface area (Å²) in [7, 11) is 4.97. The molecule has 232 valence electrons. The Morgan fingerprint density at radius 1 is 0.744 bits per heavy atom. The maximum absolute atomic E-state index is 6.68. The van der Waals surface area contributed by atoms with Crippen molar-refractivity contribution in [2.45, 2.75) is 153 Å². The molecule has 0 unspecified atom stereocenters. The summed E-state index contributed by atoms with van der Waals surface area (Å²) >= 11 is 0. The van der Waals surface area contributed by atoms with Crippen LogP contribution in [0.2, 0.25) is 0 Å². The molecule has 1 aliphatic heterocycles. The van der Waals surface area contributed by atoms with Gasteiger partial charge in [0.1, 0.15) is 20.4 Å². The predicted octanol–water partition coefficient (Wildman–Crippen LogP) is 7.95. The Morgan fingerprint density at radius 2 is 1.33 bits per heavy atom. The zero-order valence-electron chi connectivity index (χ0n) is 25.9. The first-order chi connectivity index (χ1) is 19.2. The molecule has 0 radical (unpaired) electrons. The molecule has 0 N–H and O–H groups in total. The fourth-order valence-corrected chi connectivity index (χ4v) is 5.46. The minimum atomic E-state index is -0.0590. The number of unbranched alkanes of at least 4 members (excludes halogenated alkanes) is 11. The second kappa shape index (κ2) is 26.4. The van der Waals surface area contributed by atoms with E-state index in [-0.39, 0.29) is 44.1 Å². The van der Waals surface area contributed by atoms with Crippen molar-refractivity contribution < 1.29 is 33.2 Å². The van der Waals surface area contributed by atoms with E-state index in [0.717, 1.165) is 44.9 Å². The van der Waals surface area contributed by atoms with Gasteiger partial charge < -0.3 is 33.2 Å². The molecule has 0 aromatic heterocycles. The van der Waals surface area contributed by atoms with E-state index in [1.54, 1.807) is 21.3 Å². The van der Waals surface area contributed by atoms with Gasteiger partial charge in [0.05, 0.1) is 30.5 Å². The van der Waals surface area contributed by atoms with Gasteiger partial charge >= 0.3 is 0 Å². The molecule has 7 heteroatoms. The monoisotopic (exact) mass is 558 g/mol. The van der Waals surface area contributed by atoms with Crippen molar-refractivity contribution in [2.75, 3.05) is 41.7 Å². The highest BCUT2D eigenvalue weighted by atomic mass is 16.7. The highest BCUT2D eigenvalue weighted by Crippen LogP contribution is 2.30. The maximum Gasteiger partial charge on any atom is 0.146 e. The van der Waals surface area contributed by atoms with E-state index in [9.17, 15) is 0 Å².